The van der Waals surface area contributed by atoms with Gasteiger partial charge in [0, 0.05) is 5.56 Å². The van der Waals surface area contributed by atoms with Crippen molar-refractivity contribution in [2.45, 2.75) is 6.61 Å². The molecule has 0 aliphatic heterocycles. The lowest BCUT2D eigenvalue weighted by Gasteiger charge is -2.02. The molecule has 0 aliphatic rings. The first-order chi connectivity index (χ1) is 8.78. The van der Waals surface area contributed by atoms with E-state index in [1.54, 1.807) is 36.5 Å². The lowest BCUT2D eigenvalue weighted by Crippen LogP contribution is -1.94. The SMILES string of the molecule is OCc1cn2nc(-c3ccccc3F)ccc2n1. The van der Waals surface area contributed by atoms with Crippen molar-refractivity contribution in [2.24, 2.45) is 0 Å². The molecule has 0 spiro atoms. The van der Waals surface area contributed by atoms with Crippen LogP contribution in [0.25, 0.3) is 16.9 Å². The molecule has 0 amide bonds. The summed E-state index contributed by atoms with van der Waals surface area (Å²) in [4.78, 5) is 4.15. The fourth-order valence-electron chi connectivity index (χ4n) is 1.82. The largest absolute Gasteiger partial charge is 0.390 e. The van der Waals surface area contributed by atoms with Crippen molar-refractivity contribution in [3.05, 3.63) is 54.1 Å². The maximum Gasteiger partial charge on any atom is 0.153 e. The number of nitrogens with zero attached hydrogens (tertiary/aromatic N) is 3. The van der Waals surface area contributed by atoms with Crippen LogP contribution in [0, 0.1) is 5.82 Å². The summed E-state index contributed by atoms with van der Waals surface area (Å²) >= 11 is 0. The van der Waals surface area contributed by atoms with Gasteiger partial charge in [0.2, 0.25) is 0 Å². The second-order valence-corrected chi connectivity index (χ2v) is 3.89. The molecule has 0 aliphatic carbocycles. The smallest absolute Gasteiger partial charge is 0.153 e. The summed E-state index contributed by atoms with van der Waals surface area (Å²) < 4.78 is 15.2. The number of hydrogen-bond donors (Lipinski definition) is 1. The Morgan fingerprint density at radius 1 is 1.17 bits per heavy atom. The van der Waals surface area contributed by atoms with Crippen LogP contribution in [0.1, 0.15) is 5.69 Å². The molecule has 90 valence electrons. The lowest BCUT2D eigenvalue weighted by atomic mass is 10.1. The molecular formula is C13H10FN3O. The standard InChI is InChI=1S/C13H10FN3O/c14-11-4-2-1-3-10(11)12-5-6-13-15-9(8-18)7-17(13)16-12/h1-7,18H,8H2. The highest BCUT2D eigenvalue weighted by atomic mass is 19.1. The van der Waals surface area contributed by atoms with E-state index in [4.69, 9.17) is 5.11 Å². The maximum absolute atomic E-state index is 13.6. The van der Waals surface area contributed by atoms with Gasteiger partial charge in [-0.25, -0.2) is 13.9 Å². The molecule has 4 nitrogen and oxygen atoms in total. The van der Waals surface area contributed by atoms with Gasteiger partial charge >= 0.3 is 0 Å². The molecule has 0 fully saturated rings. The average Bonchev–Trinajstić information content (AvgIpc) is 2.81. The summed E-state index contributed by atoms with van der Waals surface area (Å²) in [6.07, 6.45) is 1.62. The summed E-state index contributed by atoms with van der Waals surface area (Å²) in [7, 11) is 0. The minimum atomic E-state index is -0.313. The Hall–Kier alpha value is -2.27. The summed E-state index contributed by atoms with van der Waals surface area (Å²) in [5, 5.41) is 13.3. The number of aromatic nitrogens is 3. The van der Waals surface area contributed by atoms with Gasteiger partial charge in [-0.05, 0) is 24.3 Å². The Balaban J connectivity index is 2.16. The molecule has 1 aromatic carbocycles. The highest BCUT2D eigenvalue weighted by Gasteiger charge is 2.07. The second-order valence-electron chi connectivity index (χ2n) is 3.89. The van der Waals surface area contributed by atoms with Gasteiger partial charge in [0.25, 0.3) is 0 Å². The molecule has 2 aromatic heterocycles. The van der Waals surface area contributed by atoms with Gasteiger partial charge in [-0.15, -0.1) is 0 Å². The van der Waals surface area contributed by atoms with E-state index in [2.05, 4.69) is 10.1 Å². The van der Waals surface area contributed by atoms with Crippen LogP contribution in [-0.4, -0.2) is 19.7 Å². The number of aliphatic hydroxyl groups excluding tert-OH is 1. The zero-order valence-corrected chi connectivity index (χ0v) is 9.42. The lowest BCUT2D eigenvalue weighted by molar-refractivity contribution is 0.277. The van der Waals surface area contributed by atoms with Gasteiger partial charge in [-0.2, -0.15) is 5.10 Å². The van der Waals surface area contributed by atoms with E-state index < -0.39 is 0 Å². The summed E-state index contributed by atoms with van der Waals surface area (Å²) in [5.74, 6) is -0.313. The van der Waals surface area contributed by atoms with Gasteiger partial charge in [0.15, 0.2) is 5.65 Å². The Morgan fingerprint density at radius 3 is 2.78 bits per heavy atom. The third-order valence-electron chi connectivity index (χ3n) is 2.68. The van der Waals surface area contributed by atoms with Crippen LogP contribution in [-0.2, 0) is 6.61 Å². The van der Waals surface area contributed by atoms with Crippen molar-refractivity contribution < 1.29 is 9.50 Å². The van der Waals surface area contributed by atoms with E-state index in [9.17, 15) is 4.39 Å². The fourth-order valence-corrected chi connectivity index (χ4v) is 1.82. The highest BCUT2D eigenvalue weighted by molar-refractivity contribution is 5.60. The monoisotopic (exact) mass is 243 g/mol. The van der Waals surface area contributed by atoms with Gasteiger partial charge in [0.1, 0.15) is 5.82 Å². The Morgan fingerprint density at radius 2 is 2.00 bits per heavy atom. The van der Waals surface area contributed by atoms with Crippen LogP contribution in [0.15, 0.2) is 42.6 Å². The number of aliphatic hydroxyl groups is 1. The molecule has 1 N–H and O–H groups in total. The van der Waals surface area contributed by atoms with Crippen LogP contribution in [0.4, 0.5) is 4.39 Å². The number of hydrogen-bond acceptors (Lipinski definition) is 3. The molecule has 5 heteroatoms. The first kappa shape index (κ1) is 10.9. The molecular weight excluding hydrogens is 233 g/mol. The van der Waals surface area contributed by atoms with Crippen LogP contribution in [0.2, 0.25) is 0 Å². The molecule has 0 atom stereocenters. The molecule has 0 radical (unpaired) electrons. The van der Waals surface area contributed by atoms with Crippen LogP contribution in [0.3, 0.4) is 0 Å². The van der Waals surface area contributed by atoms with Crippen molar-refractivity contribution in [3.8, 4) is 11.3 Å². The summed E-state index contributed by atoms with van der Waals surface area (Å²) in [6.45, 7) is -0.140. The molecule has 18 heavy (non-hydrogen) atoms. The van der Waals surface area contributed by atoms with Gasteiger partial charge in [0.05, 0.1) is 24.2 Å². The van der Waals surface area contributed by atoms with E-state index in [0.29, 0.717) is 22.6 Å². The van der Waals surface area contributed by atoms with Crippen molar-refractivity contribution in [2.75, 3.05) is 0 Å². The van der Waals surface area contributed by atoms with Crippen molar-refractivity contribution >= 4 is 5.65 Å². The van der Waals surface area contributed by atoms with E-state index in [1.807, 2.05) is 0 Å². The normalized spacial score (nSPS) is 11.0. The molecule has 0 unspecified atom stereocenters. The number of imidazole rings is 1. The first-order valence-electron chi connectivity index (χ1n) is 5.49. The molecule has 2 heterocycles. The number of rotatable bonds is 2. The molecule has 0 saturated carbocycles. The summed E-state index contributed by atoms with van der Waals surface area (Å²) in [5.41, 5.74) is 2.13. The van der Waals surface area contributed by atoms with Gasteiger partial charge < -0.3 is 5.11 Å². The highest BCUT2D eigenvalue weighted by Crippen LogP contribution is 2.20. The maximum atomic E-state index is 13.6. The Bertz CT molecular complexity index is 708. The quantitative estimate of drug-likeness (QED) is 0.749. The van der Waals surface area contributed by atoms with E-state index in [-0.39, 0.29) is 12.4 Å². The minimum Gasteiger partial charge on any atom is -0.390 e. The van der Waals surface area contributed by atoms with Crippen molar-refractivity contribution in [3.63, 3.8) is 0 Å². The predicted octanol–water partition coefficient (Wildman–Crippen LogP) is 2.03. The number of benzene rings is 1. The predicted molar refractivity (Wildman–Crippen MR) is 64.3 cm³/mol. The minimum absolute atomic E-state index is 0.140. The number of fused-ring (bicyclic) bond motifs is 1. The first-order valence-corrected chi connectivity index (χ1v) is 5.49. The topological polar surface area (TPSA) is 50.4 Å². The van der Waals surface area contributed by atoms with E-state index >= 15 is 0 Å². The van der Waals surface area contributed by atoms with Crippen molar-refractivity contribution in [1.82, 2.24) is 14.6 Å². The summed E-state index contributed by atoms with van der Waals surface area (Å²) in [6, 6.07) is 9.92. The van der Waals surface area contributed by atoms with Crippen LogP contribution in [0.5, 0.6) is 0 Å². The molecule has 0 saturated heterocycles. The Kier molecular flexibility index (Phi) is 2.53. The molecule has 3 rings (SSSR count). The zero-order chi connectivity index (χ0) is 12.5. The fraction of sp³-hybridized carbons (Fsp3) is 0.0769. The van der Waals surface area contributed by atoms with Crippen LogP contribution >= 0.6 is 0 Å². The molecule has 0 bridgehead atoms. The zero-order valence-electron chi connectivity index (χ0n) is 9.42. The van der Waals surface area contributed by atoms with Crippen molar-refractivity contribution in [1.29, 1.82) is 0 Å². The third kappa shape index (κ3) is 1.74. The second kappa shape index (κ2) is 4.19. The van der Waals surface area contributed by atoms with E-state index in [1.165, 1.54) is 10.6 Å². The van der Waals surface area contributed by atoms with Gasteiger partial charge in [-0.1, -0.05) is 12.1 Å². The van der Waals surface area contributed by atoms with E-state index in [0.717, 1.165) is 0 Å². The average molecular weight is 243 g/mol. The van der Waals surface area contributed by atoms with Gasteiger partial charge in [-0.3, -0.25) is 0 Å². The third-order valence-corrected chi connectivity index (χ3v) is 2.68. The Labute approximate surface area is 102 Å². The van der Waals surface area contributed by atoms with Crippen LogP contribution < -0.4 is 0 Å². The number of halogens is 1. The molecule has 3 aromatic rings.